The number of nitrogens with zero attached hydrogens (tertiary/aromatic N) is 1. The Hall–Kier alpha value is -1.30. The quantitative estimate of drug-likeness (QED) is 0.495. The first kappa shape index (κ1) is 10.7. The fourth-order valence-electron chi connectivity index (χ4n) is 0.682. The Morgan fingerprint density at radius 3 is 2.33 bits per heavy atom. The number of hydrogen-bond acceptors (Lipinski definition) is 3. The van der Waals surface area contributed by atoms with Gasteiger partial charge in [-0.25, -0.2) is 4.79 Å². The predicted molar refractivity (Wildman–Crippen MR) is 42.7 cm³/mol. The summed E-state index contributed by atoms with van der Waals surface area (Å²) in [7, 11) is 3.07. The molecular formula is C6H13N3O3. The van der Waals surface area contributed by atoms with Crippen molar-refractivity contribution in [3.05, 3.63) is 0 Å². The Kier molecular flexibility index (Phi) is 4.06. The van der Waals surface area contributed by atoms with Crippen LogP contribution in [0.5, 0.6) is 0 Å². The molecule has 0 saturated heterocycles. The largest absolute Gasteiger partial charge is 0.465 e. The summed E-state index contributed by atoms with van der Waals surface area (Å²) < 4.78 is 0. The zero-order valence-corrected chi connectivity index (χ0v) is 7.07. The number of carbonyl (C=O) groups is 2. The second kappa shape index (κ2) is 4.55. The van der Waals surface area contributed by atoms with Crippen LogP contribution < -0.4 is 11.1 Å². The fourth-order valence-corrected chi connectivity index (χ4v) is 0.682. The summed E-state index contributed by atoms with van der Waals surface area (Å²) in [6, 6.07) is -0.850. The summed E-state index contributed by atoms with van der Waals surface area (Å²) in [5.74, 6) is -0.347. The lowest BCUT2D eigenvalue weighted by Crippen LogP contribution is -2.49. The van der Waals surface area contributed by atoms with Gasteiger partial charge in [-0.05, 0) is 0 Å². The van der Waals surface area contributed by atoms with Gasteiger partial charge in [-0.15, -0.1) is 0 Å². The molecule has 0 aromatic carbocycles. The lowest BCUT2D eigenvalue weighted by molar-refractivity contribution is -0.130. The highest BCUT2D eigenvalue weighted by Crippen LogP contribution is 1.87. The molecule has 0 aromatic rings. The SMILES string of the molecule is CN(C)C(=O)[C@H](CN)NC(=O)O. The predicted octanol–water partition coefficient (Wildman–Crippen LogP) is -1.33. The smallest absolute Gasteiger partial charge is 0.405 e. The summed E-state index contributed by atoms with van der Waals surface area (Å²) in [5, 5.41) is 10.3. The van der Waals surface area contributed by atoms with Crippen LogP contribution in [0.4, 0.5) is 4.79 Å². The maximum atomic E-state index is 11.1. The molecular weight excluding hydrogens is 162 g/mol. The zero-order valence-electron chi connectivity index (χ0n) is 7.07. The van der Waals surface area contributed by atoms with Gasteiger partial charge in [0.2, 0.25) is 5.91 Å². The molecule has 70 valence electrons. The third kappa shape index (κ3) is 3.20. The molecule has 0 aromatic heterocycles. The van der Waals surface area contributed by atoms with Crippen LogP contribution in [0.1, 0.15) is 0 Å². The van der Waals surface area contributed by atoms with Crippen LogP contribution in [0.15, 0.2) is 0 Å². The van der Waals surface area contributed by atoms with Gasteiger partial charge in [-0.2, -0.15) is 0 Å². The van der Waals surface area contributed by atoms with Gasteiger partial charge in [0.1, 0.15) is 6.04 Å². The minimum absolute atomic E-state index is 0.0384. The molecule has 0 aliphatic rings. The van der Waals surface area contributed by atoms with E-state index in [1.165, 1.54) is 19.0 Å². The third-order valence-corrected chi connectivity index (χ3v) is 1.27. The zero-order chi connectivity index (χ0) is 9.72. The summed E-state index contributed by atoms with van der Waals surface area (Å²) in [6.07, 6.45) is -1.25. The number of carbonyl (C=O) groups excluding carboxylic acids is 1. The fraction of sp³-hybridized carbons (Fsp3) is 0.667. The van der Waals surface area contributed by atoms with E-state index >= 15 is 0 Å². The van der Waals surface area contributed by atoms with E-state index in [4.69, 9.17) is 10.8 Å². The Labute approximate surface area is 70.3 Å². The highest BCUT2D eigenvalue weighted by atomic mass is 16.4. The molecule has 2 amide bonds. The molecule has 12 heavy (non-hydrogen) atoms. The minimum Gasteiger partial charge on any atom is -0.465 e. The van der Waals surface area contributed by atoms with Gasteiger partial charge in [0.05, 0.1) is 0 Å². The summed E-state index contributed by atoms with van der Waals surface area (Å²) in [6.45, 7) is -0.0384. The average Bonchev–Trinajstić information content (AvgIpc) is 1.98. The number of likely N-dealkylation sites (N-methyl/N-ethyl adjacent to an activating group) is 1. The van der Waals surface area contributed by atoms with Crippen LogP contribution in [0.25, 0.3) is 0 Å². The molecule has 6 nitrogen and oxygen atoms in total. The van der Waals surface area contributed by atoms with E-state index < -0.39 is 12.1 Å². The molecule has 0 spiro atoms. The van der Waals surface area contributed by atoms with Gasteiger partial charge in [-0.1, -0.05) is 0 Å². The normalized spacial score (nSPS) is 11.9. The van der Waals surface area contributed by atoms with Crippen molar-refractivity contribution in [1.29, 1.82) is 0 Å². The monoisotopic (exact) mass is 175 g/mol. The van der Waals surface area contributed by atoms with Crippen molar-refractivity contribution >= 4 is 12.0 Å². The second-order valence-electron chi connectivity index (χ2n) is 2.47. The number of hydrogen-bond donors (Lipinski definition) is 3. The Bertz CT molecular complexity index is 181. The van der Waals surface area contributed by atoms with Gasteiger partial charge in [-0.3, -0.25) is 4.79 Å². The van der Waals surface area contributed by atoms with Crippen LogP contribution in [0, 0.1) is 0 Å². The Morgan fingerprint density at radius 1 is 1.58 bits per heavy atom. The molecule has 0 bridgehead atoms. The van der Waals surface area contributed by atoms with Gasteiger partial charge in [0.15, 0.2) is 0 Å². The van der Waals surface area contributed by atoms with Gasteiger partial charge < -0.3 is 21.1 Å². The highest BCUT2D eigenvalue weighted by molar-refractivity contribution is 5.85. The van der Waals surface area contributed by atoms with E-state index in [2.05, 4.69) is 0 Å². The number of nitrogens with one attached hydrogen (secondary N) is 1. The molecule has 0 rings (SSSR count). The molecule has 6 heteroatoms. The molecule has 1 atom stereocenters. The summed E-state index contributed by atoms with van der Waals surface area (Å²) >= 11 is 0. The van der Waals surface area contributed by atoms with Crippen LogP contribution in [0.2, 0.25) is 0 Å². The number of nitrogens with two attached hydrogens (primary N) is 1. The summed E-state index contributed by atoms with van der Waals surface area (Å²) in [4.78, 5) is 22.6. The third-order valence-electron chi connectivity index (χ3n) is 1.27. The first-order chi connectivity index (χ1) is 5.49. The van der Waals surface area contributed by atoms with Crippen LogP contribution in [-0.2, 0) is 4.79 Å². The molecule has 0 fully saturated rings. The van der Waals surface area contributed by atoms with Crippen molar-refractivity contribution in [3.8, 4) is 0 Å². The average molecular weight is 175 g/mol. The van der Waals surface area contributed by atoms with E-state index in [0.29, 0.717) is 0 Å². The van der Waals surface area contributed by atoms with E-state index in [-0.39, 0.29) is 12.5 Å². The number of carboxylic acid groups (broad SMARTS) is 1. The maximum absolute atomic E-state index is 11.1. The standard InChI is InChI=1S/C6H13N3O3/c1-9(2)5(10)4(3-7)8-6(11)12/h4,8H,3,7H2,1-2H3,(H,11,12)/t4-/m0/s1. The molecule has 4 N–H and O–H groups in total. The van der Waals surface area contributed by atoms with Gasteiger partial charge in [0.25, 0.3) is 0 Å². The number of amides is 2. The van der Waals surface area contributed by atoms with Crippen molar-refractivity contribution in [1.82, 2.24) is 10.2 Å². The molecule has 0 unspecified atom stereocenters. The van der Waals surface area contributed by atoms with Crippen molar-refractivity contribution < 1.29 is 14.7 Å². The molecule has 0 heterocycles. The molecule has 0 aliphatic heterocycles. The second-order valence-corrected chi connectivity index (χ2v) is 2.47. The number of rotatable bonds is 3. The minimum atomic E-state index is -1.25. The van der Waals surface area contributed by atoms with Crippen molar-refractivity contribution in [2.75, 3.05) is 20.6 Å². The lowest BCUT2D eigenvalue weighted by atomic mass is 10.2. The first-order valence-corrected chi connectivity index (χ1v) is 3.39. The Morgan fingerprint density at radius 2 is 2.08 bits per heavy atom. The highest BCUT2D eigenvalue weighted by Gasteiger charge is 2.19. The van der Waals surface area contributed by atoms with E-state index in [0.717, 1.165) is 0 Å². The molecule has 0 radical (unpaired) electrons. The van der Waals surface area contributed by atoms with Crippen molar-refractivity contribution in [2.45, 2.75) is 6.04 Å². The molecule has 0 saturated carbocycles. The topological polar surface area (TPSA) is 95.7 Å². The van der Waals surface area contributed by atoms with Crippen LogP contribution in [0.3, 0.4) is 0 Å². The van der Waals surface area contributed by atoms with E-state index in [1.54, 1.807) is 0 Å². The van der Waals surface area contributed by atoms with Crippen LogP contribution >= 0.6 is 0 Å². The van der Waals surface area contributed by atoms with Gasteiger partial charge >= 0.3 is 6.09 Å². The summed E-state index contributed by atoms with van der Waals surface area (Å²) in [5.41, 5.74) is 5.19. The Balaban J connectivity index is 4.15. The van der Waals surface area contributed by atoms with Crippen molar-refractivity contribution in [2.24, 2.45) is 5.73 Å². The van der Waals surface area contributed by atoms with Crippen molar-refractivity contribution in [3.63, 3.8) is 0 Å². The maximum Gasteiger partial charge on any atom is 0.405 e. The lowest BCUT2D eigenvalue weighted by Gasteiger charge is -2.18. The first-order valence-electron chi connectivity index (χ1n) is 3.39. The van der Waals surface area contributed by atoms with Gasteiger partial charge in [0, 0.05) is 20.6 Å². The van der Waals surface area contributed by atoms with E-state index in [9.17, 15) is 9.59 Å². The van der Waals surface area contributed by atoms with Crippen LogP contribution in [-0.4, -0.2) is 48.7 Å². The molecule has 0 aliphatic carbocycles. The van der Waals surface area contributed by atoms with E-state index in [1.807, 2.05) is 5.32 Å².